The lowest BCUT2D eigenvalue weighted by Crippen LogP contribution is -2.28. The molecule has 0 radical (unpaired) electrons. The molecule has 0 fully saturated rings. The van der Waals surface area contributed by atoms with Crippen molar-refractivity contribution in [1.29, 1.82) is 0 Å². The van der Waals surface area contributed by atoms with Crippen LogP contribution in [-0.4, -0.2) is 39.5 Å². The molecule has 2 aromatic heterocycles. The van der Waals surface area contributed by atoms with Gasteiger partial charge < -0.3 is 9.42 Å². The van der Waals surface area contributed by atoms with E-state index >= 15 is 0 Å². The van der Waals surface area contributed by atoms with Crippen LogP contribution in [-0.2, 0) is 6.42 Å². The number of rotatable bonds is 5. The number of aryl methyl sites for hydroxylation is 1. The number of hydrogen-bond donors (Lipinski definition) is 0. The number of likely N-dealkylation sites (N-methyl/N-ethyl adjacent to an activating group) is 1. The van der Waals surface area contributed by atoms with E-state index in [1.165, 1.54) is 0 Å². The van der Waals surface area contributed by atoms with E-state index < -0.39 is 0 Å². The minimum absolute atomic E-state index is 0.0285. The second kappa shape index (κ2) is 7.04. The molecule has 2 heterocycles. The average Bonchev–Trinajstić information content (AvgIpc) is 3.06. The fraction of sp³-hybridized carbons (Fsp3) is 0.222. The van der Waals surface area contributed by atoms with Crippen LogP contribution in [0, 0.1) is 6.92 Å². The van der Waals surface area contributed by atoms with E-state index in [-0.39, 0.29) is 5.91 Å². The summed E-state index contributed by atoms with van der Waals surface area (Å²) in [5.74, 6) is 1.01. The number of nitrogens with zero attached hydrogens (tertiary/aromatic N) is 4. The van der Waals surface area contributed by atoms with Gasteiger partial charge in [0.2, 0.25) is 0 Å². The molecule has 0 saturated heterocycles. The molecule has 0 unspecified atom stereocenters. The van der Waals surface area contributed by atoms with Gasteiger partial charge in [-0.3, -0.25) is 9.78 Å². The summed E-state index contributed by atoms with van der Waals surface area (Å²) >= 11 is 0. The lowest BCUT2D eigenvalue weighted by atomic mass is 10.1. The molecule has 0 aliphatic heterocycles. The predicted octanol–water partition coefficient (Wildman–Crippen LogP) is 2.75. The molecule has 0 spiro atoms. The van der Waals surface area contributed by atoms with Gasteiger partial charge in [-0.15, -0.1) is 0 Å². The molecule has 3 aromatic rings. The molecule has 0 saturated carbocycles. The number of amides is 1. The lowest BCUT2D eigenvalue weighted by molar-refractivity contribution is 0.0796. The zero-order valence-electron chi connectivity index (χ0n) is 13.6. The number of benzene rings is 1. The summed E-state index contributed by atoms with van der Waals surface area (Å²) in [4.78, 5) is 22.6. The Kier molecular flexibility index (Phi) is 4.65. The van der Waals surface area contributed by atoms with Crippen molar-refractivity contribution in [3.8, 4) is 11.5 Å². The SMILES string of the molecule is Cc1noc(-c2ccc(C(=O)N(C)CCc3ccccn3)cc2)n1. The Bertz CT molecular complexity index is 813. The zero-order valence-corrected chi connectivity index (χ0v) is 13.6. The van der Waals surface area contributed by atoms with E-state index in [0.717, 1.165) is 17.7 Å². The van der Waals surface area contributed by atoms with Crippen molar-refractivity contribution in [3.05, 3.63) is 65.7 Å². The second-order valence-corrected chi connectivity index (χ2v) is 5.52. The minimum Gasteiger partial charge on any atom is -0.341 e. The van der Waals surface area contributed by atoms with Crippen LogP contribution in [0.15, 0.2) is 53.2 Å². The van der Waals surface area contributed by atoms with Gasteiger partial charge in [0.15, 0.2) is 5.82 Å². The Labute approximate surface area is 140 Å². The van der Waals surface area contributed by atoms with Gasteiger partial charge in [0.25, 0.3) is 11.8 Å². The molecule has 1 amide bonds. The maximum absolute atomic E-state index is 12.5. The number of pyridine rings is 1. The van der Waals surface area contributed by atoms with Crippen LogP contribution in [0.25, 0.3) is 11.5 Å². The monoisotopic (exact) mass is 322 g/mol. The van der Waals surface area contributed by atoms with Crippen LogP contribution >= 0.6 is 0 Å². The third-order valence-corrected chi connectivity index (χ3v) is 3.68. The van der Waals surface area contributed by atoms with Gasteiger partial charge in [-0.05, 0) is 43.3 Å². The first-order valence-electron chi connectivity index (χ1n) is 7.69. The topological polar surface area (TPSA) is 72.1 Å². The lowest BCUT2D eigenvalue weighted by Gasteiger charge is -2.17. The molecule has 1 aromatic carbocycles. The van der Waals surface area contributed by atoms with E-state index in [0.29, 0.717) is 23.8 Å². The smallest absolute Gasteiger partial charge is 0.257 e. The van der Waals surface area contributed by atoms with E-state index in [4.69, 9.17) is 4.52 Å². The fourth-order valence-corrected chi connectivity index (χ4v) is 2.32. The normalized spacial score (nSPS) is 10.6. The van der Waals surface area contributed by atoms with Gasteiger partial charge in [-0.1, -0.05) is 11.2 Å². The van der Waals surface area contributed by atoms with Crippen molar-refractivity contribution in [2.75, 3.05) is 13.6 Å². The summed E-state index contributed by atoms with van der Waals surface area (Å²) < 4.78 is 5.12. The number of aromatic nitrogens is 3. The molecule has 3 rings (SSSR count). The van der Waals surface area contributed by atoms with Crippen molar-refractivity contribution in [2.24, 2.45) is 0 Å². The third-order valence-electron chi connectivity index (χ3n) is 3.68. The first-order chi connectivity index (χ1) is 11.6. The van der Waals surface area contributed by atoms with Crippen LogP contribution in [0.1, 0.15) is 21.9 Å². The largest absolute Gasteiger partial charge is 0.341 e. The fourth-order valence-electron chi connectivity index (χ4n) is 2.32. The molecule has 24 heavy (non-hydrogen) atoms. The number of carbonyl (C=O) groups excluding carboxylic acids is 1. The first-order valence-corrected chi connectivity index (χ1v) is 7.69. The Morgan fingerprint density at radius 1 is 1.17 bits per heavy atom. The molecule has 6 nitrogen and oxygen atoms in total. The molecular formula is C18H18N4O2. The van der Waals surface area contributed by atoms with Crippen molar-refractivity contribution in [3.63, 3.8) is 0 Å². The Morgan fingerprint density at radius 3 is 2.58 bits per heavy atom. The van der Waals surface area contributed by atoms with E-state index in [2.05, 4.69) is 15.1 Å². The number of carbonyl (C=O) groups is 1. The standard InChI is InChI=1S/C18H18N4O2/c1-13-20-17(24-21-13)14-6-8-15(9-7-14)18(23)22(2)12-10-16-5-3-4-11-19-16/h3-9,11H,10,12H2,1-2H3. The van der Waals surface area contributed by atoms with Crippen molar-refractivity contribution in [1.82, 2.24) is 20.0 Å². The van der Waals surface area contributed by atoms with Crippen LogP contribution in [0.4, 0.5) is 0 Å². The van der Waals surface area contributed by atoms with E-state index in [1.54, 1.807) is 37.2 Å². The maximum Gasteiger partial charge on any atom is 0.257 e. The third kappa shape index (κ3) is 3.65. The Balaban J connectivity index is 1.64. The van der Waals surface area contributed by atoms with Gasteiger partial charge in [0.1, 0.15) is 0 Å². The highest BCUT2D eigenvalue weighted by Gasteiger charge is 2.13. The molecule has 0 bridgehead atoms. The predicted molar refractivity (Wildman–Crippen MR) is 89.4 cm³/mol. The Morgan fingerprint density at radius 2 is 1.96 bits per heavy atom. The molecule has 0 aliphatic carbocycles. The van der Waals surface area contributed by atoms with Gasteiger partial charge in [0, 0.05) is 43.0 Å². The minimum atomic E-state index is -0.0285. The molecular weight excluding hydrogens is 304 g/mol. The summed E-state index contributed by atoms with van der Waals surface area (Å²) in [5, 5.41) is 3.76. The summed E-state index contributed by atoms with van der Waals surface area (Å²) in [5.41, 5.74) is 2.39. The molecule has 122 valence electrons. The maximum atomic E-state index is 12.5. The second-order valence-electron chi connectivity index (χ2n) is 5.52. The highest BCUT2D eigenvalue weighted by molar-refractivity contribution is 5.94. The van der Waals surface area contributed by atoms with Crippen LogP contribution in [0.5, 0.6) is 0 Å². The quantitative estimate of drug-likeness (QED) is 0.722. The van der Waals surface area contributed by atoms with Gasteiger partial charge in [-0.25, -0.2) is 0 Å². The summed E-state index contributed by atoms with van der Waals surface area (Å²) in [6, 6.07) is 13.0. The van der Waals surface area contributed by atoms with Gasteiger partial charge >= 0.3 is 0 Å². The van der Waals surface area contributed by atoms with Crippen molar-refractivity contribution >= 4 is 5.91 Å². The van der Waals surface area contributed by atoms with Crippen LogP contribution in [0.3, 0.4) is 0 Å². The molecule has 0 atom stereocenters. The molecule has 0 N–H and O–H groups in total. The van der Waals surface area contributed by atoms with Crippen LogP contribution in [0.2, 0.25) is 0 Å². The summed E-state index contributed by atoms with van der Waals surface area (Å²) in [6.07, 6.45) is 2.48. The van der Waals surface area contributed by atoms with Crippen molar-refractivity contribution in [2.45, 2.75) is 13.3 Å². The molecule has 6 heteroatoms. The highest BCUT2D eigenvalue weighted by Crippen LogP contribution is 2.18. The summed E-state index contributed by atoms with van der Waals surface area (Å²) in [7, 11) is 1.79. The van der Waals surface area contributed by atoms with Crippen LogP contribution < -0.4 is 0 Å². The highest BCUT2D eigenvalue weighted by atomic mass is 16.5. The van der Waals surface area contributed by atoms with Gasteiger partial charge in [0.05, 0.1) is 0 Å². The number of hydrogen-bond acceptors (Lipinski definition) is 5. The van der Waals surface area contributed by atoms with Gasteiger partial charge in [-0.2, -0.15) is 4.98 Å². The first kappa shape index (κ1) is 15.9. The van der Waals surface area contributed by atoms with Crippen molar-refractivity contribution < 1.29 is 9.32 Å². The summed E-state index contributed by atoms with van der Waals surface area (Å²) in [6.45, 7) is 2.38. The molecule has 0 aliphatic rings. The van der Waals surface area contributed by atoms with E-state index in [1.807, 2.05) is 30.3 Å². The average molecular weight is 322 g/mol. The van der Waals surface area contributed by atoms with E-state index in [9.17, 15) is 4.79 Å². The Hall–Kier alpha value is -3.02. The zero-order chi connectivity index (χ0) is 16.9.